The molecule has 1 unspecified atom stereocenters. The lowest BCUT2D eigenvalue weighted by molar-refractivity contribution is -0.519. The summed E-state index contributed by atoms with van der Waals surface area (Å²) in [6, 6.07) is 0. The molecule has 0 aromatic carbocycles. The number of halogens is 2. The van der Waals surface area contributed by atoms with Gasteiger partial charge in [0.05, 0.1) is 6.10 Å². The van der Waals surface area contributed by atoms with Gasteiger partial charge in [0, 0.05) is 0 Å². The van der Waals surface area contributed by atoms with Crippen LogP contribution in [0.4, 0.5) is 8.78 Å². The second-order valence-corrected chi connectivity index (χ2v) is 1.88. The van der Waals surface area contributed by atoms with Crippen LogP contribution in [-0.4, -0.2) is 17.5 Å². The van der Waals surface area contributed by atoms with E-state index in [0.29, 0.717) is 6.42 Å². The average Bonchev–Trinajstić information content (AvgIpc) is 1.81. The largest absolute Gasteiger partial charge is 0.509 e. The molecule has 0 bridgehead atoms. The van der Waals surface area contributed by atoms with Crippen molar-refractivity contribution in [3.63, 3.8) is 0 Å². The van der Waals surface area contributed by atoms with Crippen molar-refractivity contribution in [2.24, 2.45) is 0 Å². The molecule has 3 nitrogen and oxygen atoms in total. The SMILES string of the molecule is CCC(C)OOC(O)(F)F. The zero-order valence-corrected chi connectivity index (χ0v) is 5.80. The number of hydrogen-bond donors (Lipinski definition) is 1. The van der Waals surface area contributed by atoms with Crippen LogP contribution in [0, 0.1) is 0 Å². The van der Waals surface area contributed by atoms with E-state index in [1.54, 1.807) is 13.8 Å². The second-order valence-electron chi connectivity index (χ2n) is 1.88. The number of aliphatic hydroxyl groups is 1. The van der Waals surface area contributed by atoms with E-state index in [0.717, 1.165) is 0 Å². The van der Waals surface area contributed by atoms with Crippen molar-refractivity contribution >= 4 is 0 Å². The van der Waals surface area contributed by atoms with Crippen LogP contribution in [0.15, 0.2) is 0 Å². The molecule has 0 aliphatic rings. The summed E-state index contributed by atoms with van der Waals surface area (Å²) in [6.45, 7) is 3.29. The minimum Gasteiger partial charge on any atom is -0.310 e. The summed E-state index contributed by atoms with van der Waals surface area (Å²) in [4.78, 5) is 7.36. The van der Waals surface area contributed by atoms with Crippen LogP contribution >= 0.6 is 0 Å². The summed E-state index contributed by atoms with van der Waals surface area (Å²) in [5, 5.41) is 7.68. The van der Waals surface area contributed by atoms with Crippen LogP contribution in [0.3, 0.4) is 0 Å². The van der Waals surface area contributed by atoms with Crippen molar-refractivity contribution in [2.45, 2.75) is 32.7 Å². The van der Waals surface area contributed by atoms with Gasteiger partial charge in [0.15, 0.2) is 0 Å². The Kier molecular flexibility index (Phi) is 3.70. The molecule has 0 rings (SSSR count). The maximum Gasteiger partial charge on any atom is 0.509 e. The third-order valence-corrected chi connectivity index (χ3v) is 0.888. The van der Waals surface area contributed by atoms with Gasteiger partial charge in [-0.3, -0.25) is 0 Å². The molecular formula is C5H10F2O3. The minimum atomic E-state index is -4.19. The first kappa shape index (κ1) is 9.74. The number of rotatable bonds is 4. The molecule has 0 spiro atoms. The van der Waals surface area contributed by atoms with E-state index in [-0.39, 0.29) is 0 Å². The summed E-state index contributed by atoms with van der Waals surface area (Å²) < 4.78 is 22.9. The molecule has 0 heterocycles. The molecular weight excluding hydrogens is 146 g/mol. The quantitative estimate of drug-likeness (QED) is 0.378. The average molecular weight is 156 g/mol. The monoisotopic (exact) mass is 156 g/mol. The Balaban J connectivity index is 3.36. The van der Waals surface area contributed by atoms with Crippen molar-refractivity contribution in [3.05, 3.63) is 0 Å². The molecule has 0 radical (unpaired) electrons. The highest BCUT2D eigenvalue weighted by Gasteiger charge is 2.28. The number of hydrogen-bond acceptors (Lipinski definition) is 3. The summed E-state index contributed by atoms with van der Waals surface area (Å²) in [5.74, 6) is 0. The van der Waals surface area contributed by atoms with Crippen molar-refractivity contribution < 1.29 is 23.7 Å². The first-order chi connectivity index (χ1) is 4.45. The highest BCUT2D eigenvalue weighted by Crippen LogP contribution is 2.12. The molecule has 0 fully saturated rings. The topological polar surface area (TPSA) is 38.7 Å². The highest BCUT2D eigenvalue weighted by atomic mass is 19.3. The molecule has 0 aromatic rings. The lowest BCUT2D eigenvalue weighted by atomic mass is 10.3. The Morgan fingerprint density at radius 1 is 1.60 bits per heavy atom. The summed E-state index contributed by atoms with van der Waals surface area (Å²) >= 11 is 0. The standard InChI is InChI=1S/C5H10F2O3/c1-3-4(2)9-10-5(6,7)8/h4,8H,3H2,1-2H3. The molecule has 0 aliphatic heterocycles. The first-order valence-corrected chi connectivity index (χ1v) is 2.90. The van der Waals surface area contributed by atoms with Gasteiger partial charge in [0.1, 0.15) is 0 Å². The molecule has 5 heteroatoms. The highest BCUT2D eigenvalue weighted by molar-refractivity contribution is 4.38. The Bertz CT molecular complexity index is 91.4. The fourth-order valence-electron chi connectivity index (χ4n) is 0.208. The van der Waals surface area contributed by atoms with Gasteiger partial charge in [-0.05, 0) is 13.3 Å². The van der Waals surface area contributed by atoms with E-state index in [4.69, 9.17) is 5.11 Å². The van der Waals surface area contributed by atoms with Crippen LogP contribution in [0.1, 0.15) is 20.3 Å². The van der Waals surface area contributed by atoms with Gasteiger partial charge in [-0.1, -0.05) is 6.92 Å². The van der Waals surface area contributed by atoms with Gasteiger partial charge in [-0.2, -0.15) is 0 Å². The van der Waals surface area contributed by atoms with Crippen LogP contribution < -0.4 is 0 Å². The second kappa shape index (κ2) is 3.80. The Labute approximate surface area is 57.5 Å². The normalized spacial score (nSPS) is 15.3. The number of alkyl halides is 2. The van der Waals surface area contributed by atoms with Gasteiger partial charge >= 0.3 is 6.29 Å². The van der Waals surface area contributed by atoms with E-state index in [1.165, 1.54) is 0 Å². The summed E-state index contributed by atoms with van der Waals surface area (Å²) in [6.07, 6.45) is -4.10. The predicted octanol–water partition coefficient (Wildman–Crippen LogP) is 1.28. The maximum atomic E-state index is 11.4. The molecule has 62 valence electrons. The third kappa shape index (κ3) is 5.87. The molecule has 0 saturated carbocycles. The van der Waals surface area contributed by atoms with E-state index in [1.807, 2.05) is 0 Å². The van der Waals surface area contributed by atoms with E-state index in [2.05, 4.69) is 9.78 Å². The zero-order chi connectivity index (χ0) is 8.20. The van der Waals surface area contributed by atoms with Crippen LogP contribution in [-0.2, 0) is 9.78 Å². The van der Waals surface area contributed by atoms with Gasteiger partial charge in [-0.25, -0.2) is 4.89 Å². The van der Waals surface area contributed by atoms with Crippen molar-refractivity contribution in [3.8, 4) is 0 Å². The predicted molar refractivity (Wildman–Crippen MR) is 29.1 cm³/mol. The van der Waals surface area contributed by atoms with E-state index >= 15 is 0 Å². The molecule has 0 aliphatic carbocycles. The van der Waals surface area contributed by atoms with E-state index < -0.39 is 12.4 Å². The fourth-order valence-corrected chi connectivity index (χ4v) is 0.208. The maximum absolute atomic E-state index is 11.4. The van der Waals surface area contributed by atoms with Crippen molar-refractivity contribution in [2.75, 3.05) is 0 Å². The lowest BCUT2D eigenvalue weighted by Crippen LogP contribution is -2.22. The summed E-state index contributed by atoms with van der Waals surface area (Å²) in [7, 11) is 0. The smallest absolute Gasteiger partial charge is 0.310 e. The Morgan fingerprint density at radius 3 is 2.40 bits per heavy atom. The first-order valence-electron chi connectivity index (χ1n) is 2.90. The minimum absolute atomic E-state index is 0.446. The summed E-state index contributed by atoms with van der Waals surface area (Å²) in [5.41, 5.74) is 0. The molecule has 0 amide bonds. The van der Waals surface area contributed by atoms with E-state index in [9.17, 15) is 8.78 Å². The Morgan fingerprint density at radius 2 is 2.10 bits per heavy atom. The van der Waals surface area contributed by atoms with Gasteiger partial charge < -0.3 is 5.11 Å². The fraction of sp³-hybridized carbons (Fsp3) is 1.00. The molecule has 1 N–H and O–H groups in total. The molecule has 0 aromatic heterocycles. The van der Waals surface area contributed by atoms with Gasteiger partial charge in [-0.15, -0.1) is 13.7 Å². The molecule has 10 heavy (non-hydrogen) atoms. The lowest BCUT2D eigenvalue weighted by Gasteiger charge is -2.11. The Hall–Kier alpha value is -0.260. The van der Waals surface area contributed by atoms with Crippen LogP contribution in [0.5, 0.6) is 0 Å². The van der Waals surface area contributed by atoms with Crippen LogP contribution in [0.25, 0.3) is 0 Å². The zero-order valence-electron chi connectivity index (χ0n) is 5.80. The van der Waals surface area contributed by atoms with Crippen molar-refractivity contribution in [1.82, 2.24) is 0 Å². The van der Waals surface area contributed by atoms with Crippen LogP contribution in [0.2, 0.25) is 0 Å². The van der Waals surface area contributed by atoms with Gasteiger partial charge in [0.2, 0.25) is 0 Å². The molecule has 1 atom stereocenters. The van der Waals surface area contributed by atoms with Crippen molar-refractivity contribution in [1.29, 1.82) is 0 Å². The third-order valence-electron chi connectivity index (χ3n) is 0.888. The van der Waals surface area contributed by atoms with Gasteiger partial charge in [0.25, 0.3) is 0 Å². The molecule has 0 saturated heterocycles.